The lowest BCUT2D eigenvalue weighted by Gasteiger charge is -2.23. The number of nitrogens with zero attached hydrogens (tertiary/aromatic N) is 1. The van der Waals surface area contributed by atoms with Gasteiger partial charge in [0.15, 0.2) is 0 Å². The second-order valence-electron chi connectivity index (χ2n) is 6.75. The summed E-state index contributed by atoms with van der Waals surface area (Å²) in [5.74, 6) is 0.440. The first-order valence-corrected chi connectivity index (χ1v) is 12.0. The van der Waals surface area contributed by atoms with Gasteiger partial charge in [-0.2, -0.15) is 0 Å². The minimum atomic E-state index is -3.52. The van der Waals surface area contributed by atoms with Gasteiger partial charge in [-0.05, 0) is 37.0 Å². The summed E-state index contributed by atoms with van der Waals surface area (Å²) in [5.41, 5.74) is 0.370. The highest BCUT2D eigenvalue weighted by Gasteiger charge is 2.20. The van der Waals surface area contributed by atoms with Gasteiger partial charge < -0.3 is 5.32 Å². The molecule has 0 aromatic heterocycles. The Morgan fingerprint density at radius 2 is 1.93 bits per heavy atom. The zero-order valence-electron chi connectivity index (χ0n) is 16.3. The van der Waals surface area contributed by atoms with Crippen molar-refractivity contribution in [2.45, 2.75) is 52.4 Å². The monoisotopic (exact) mass is 436 g/mol. The number of nitrogens with one attached hydrogen (secondary N) is 1. The predicted molar refractivity (Wildman–Crippen MR) is 114 cm³/mol. The molecule has 0 aliphatic rings. The first-order valence-electron chi connectivity index (χ1n) is 9.38. The predicted octanol–water partition coefficient (Wildman–Crippen LogP) is 4.87. The largest absolute Gasteiger partial charge is 0.356 e. The number of benzene rings is 1. The molecule has 0 spiro atoms. The molecular weight excluding hydrogens is 407 g/mol. The molecule has 1 rings (SSSR count). The van der Waals surface area contributed by atoms with Crippen molar-refractivity contribution in [2.24, 2.45) is 5.92 Å². The van der Waals surface area contributed by atoms with E-state index in [4.69, 9.17) is 23.2 Å². The third-order valence-corrected chi connectivity index (χ3v) is 6.19. The topological polar surface area (TPSA) is 66.5 Å². The quantitative estimate of drug-likeness (QED) is 0.507. The number of sulfonamides is 1. The molecule has 1 N–H and O–H groups in total. The van der Waals surface area contributed by atoms with E-state index in [0.29, 0.717) is 29.6 Å². The number of halogens is 2. The zero-order chi connectivity index (χ0) is 20.4. The summed E-state index contributed by atoms with van der Waals surface area (Å²) in [6.45, 7) is 5.15. The molecule has 8 heteroatoms. The molecule has 154 valence electrons. The number of carbonyl (C=O) groups is 1. The highest BCUT2D eigenvalue weighted by atomic mass is 35.5. The summed E-state index contributed by atoms with van der Waals surface area (Å²) in [6.07, 6.45) is 6.27. The van der Waals surface area contributed by atoms with Gasteiger partial charge in [0.05, 0.1) is 17.0 Å². The van der Waals surface area contributed by atoms with Gasteiger partial charge in [0.25, 0.3) is 0 Å². The summed E-state index contributed by atoms with van der Waals surface area (Å²) < 4.78 is 25.5. The molecule has 27 heavy (non-hydrogen) atoms. The maximum absolute atomic E-state index is 12.1. The maximum Gasteiger partial charge on any atom is 0.232 e. The number of anilines is 1. The molecule has 0 radical (unpaired) electrons. The molecule has 0 saturated heterocycles. The lowest BCUT2D eigenvalue weighted by molar-refractivity contribution is -0.121. The standard InChI is InChI=1S/C19H30Cl2N2O3S/c1-4-6-8-15(5-2)14-22-19(24)9-7-12-23(27(3,25)26)18-11-10-16(20)13-17(18)21/h10-11,13,15H,4-9,12,14H2,1-3H3,(H,22,24). The highest BCUT2D eigenvalue weighted by molar-refractivity contribution is 7.92. The van der Waals surface area contributed by atoms with Crippen molar-refractivity contribution in [2.75, 3.05) is 23.7 Å². The van der Waals surface area contributed by atoms with Crippen molar-refractivity contribution in [3.63, 3.8) is 0 Å². The fourth-order valence-electron chi connectivity index (χ4n) is 2.82. The Hall–Kier alpha value is -0.980. The van der Waals surface area contributed by atoms with E-state index in [1.165, 1.54) is 16.8 Å². The van der Waals surface area contributed by atoms with E-state index in [9.17, 15) is 13.2 Å². The van der Waals surface area contributed by atoms with Gasteiger partial charge >= 0.3 is 0 Å². The third kappa shape index (κ3) is 8.71. The van der Waals surface area contributed by atoms with Crippen molar-refractivity contribution in [3.8, 4) is 0 Å². The lowest BCUT2D eigenvalue weighted by Crippen LogP contribution is -2.33. The van der Waals surface area contributed by atoms with E-state index in [1.807, 2.05) is 0 Å². The molecule has 0 heterocycles. The Morgan fingerprint density at radius 1 is 1.22 bits per heavy atom. The molecule has 0 bridgehead atoms. The van der Waals surface area contributed by atoms with E-state index in [1.54, 1.807) is 12.1 Å². The van der Waals surface area contributed by atoms with E-state index < -0.39 is 10.0 Å². The molecule has 0 fully saturated rings. The molecule has 0 aliphatic carbocycles. The molecule has 1 unspecified atom stereocenters. The average molecular weight is 437 g/mol. The fraction of sp³-hybridized carbons (Fsp3) is 0.632. The molecule has 0 saturated carbocycles. The van der Waals surface area contributed by atoms with Crippen molar-refractivity contribution in [1.82, 2.24) is 5.32 Å². The van der Waals surface area contributed by atoms with Gasteiger partial charge in [-0.15, -0.1) is 0 Å². The van der Waals surface area contributed by atoms with E-state index in [2.05, 4.69) is 19.2 Å². The number of rotatable bonds is 12. The number of hydrogen-bond acceptors (Lipinski definition) is 3. The molecule has 1 aromatic rings. The first kappa shape index (κ1) is 24.1. The lowest BCUT2D eigenvalue weighted by atomic mass is 9.99. The third-order valence-electron chi connectivity index (χ3n) is 4.47. The van der Waals surface area contributed by atoms with Crippen LogP contribution in [0.4, 0.5) is 5.69 Å². The van der Waals surface area contributed by atoms with Crippen LogP contribution in [0.5, 0.6) is 0 Å². The first-order chi connectivity index (χ1) is 12.7. The Morgan fingerprint density at radius 3 is 2.48 bits per heavy atom. The van der Waals surface area contributed by atoms with Crippen molar-refractivity contribution >= 4 is 44.8 Å². The number of carbonyl (C=O) groups excluding carboxylic acids is 1. The van der Waals surface area contributed by atoms with Gasteiger partial charge in [-0.3, -0.25) is 9.10 Å². The van der Waals surface area contributed by atoms with E-state index in [0.717, 1.165) is 25.5 Å². The second kappa shape index (κ2) is 11.8. The summed E-state index contributed by atoms with van der Waals surface area (Å²) in [4.78, 5) is 12.1. The highest BCUT2D eigenvalue weighted by Crippen LogP contribution is 2.30. The fourth-order valence-corrected chi connectivity index (χ4v) is 4.36. The van der Waals surface area contributed by atoms with Gasteiger partial charge in [0, 0.05) is 24.5 Å². The van der Waals surface area contributed by atoms with E-state index >= 15 is 0 Å². The molecule has 0 aliphatic heterocycles. The summed E-state index contributed by atoms with van der Waals surface area (Å²) in [6, 6.07) is 4.67. The Bertz CT molecular complexity index is 711. The summed E-state index contributed by atoms with van der Waals surface area (Å²) in [5, 5.41) is 3.66. The van der Waals surface area contributed by atoms with Gasteiger partial charge in [0.1, 0.15) is 0 Å². The van der Waals surface area contributed by atoms with Gasteiger partial charge in [0.2, 0.25) is 15.9 Å². The minimum absolute atomic E-state index is 0.0550. The summed E-state index contributed by atoms with van der Waals surface area (Å²) >= 11 is 12.0. The van der Waals surface area contributed by atoms with Crippen molar-refractivity contribution < 1.29 is 13.2 Å². The van der Waals surface area contributed by atoms with Crippen LogP contribution in [-0.4, -0.2) is 33.7 Å². The van der Waals surface area contributed by atoms with Crippen LogP contribution in [0, 0.1) is 5.92 Å². The molecule has 5 nitrogen and oxygen atoms in total. The van der Waals surface area contributed by atoms with Crippen LogP contribution in [-0.2, 0) is 14.8 Å². The van der Waals surface area contributed by atoms with Crippen LogP contribution >= 0.6 is 23.2 Å². The van der Waals surface area contributed by atoms with Crippen LogP contribution in [0.1, 0.15) is 52.4 Å². The Kier molecular flexibility index (Phi) is 10.5. The minimum Gasteiger partial charge on any atom is -0.356 e. The number of hydrogen-bond donors (Lipinski definition) is 1. The van der Waals surface area contributed by atoms with Crippen LogP contribution in [0.15, 0.2) is 18.2 Å². The average Bonchev–Trinajstić information content (AvgIpc) is 2.59. The maximum atomic E-state index is 12.1. The summed E-state index contributed by atoms with van der Waals surface area (Å²) in [7, 11) is -3.52. The van der Waals surface area contributed by atoms with E-state index in [-0.39, 0.29) is 23.9 Å². The van der Waals surface area contributed by atoms with Crippen LogP contribution in [0.3, 0.4) is 0 Å². The van der Waals surface area contributed by atoms with Gasteiger partial charge in [-0.25, -0.2) is 8.42 Å². The van der Waals surface area contributed by atoms with Crippen LogP contribution in [0.2, 0.25) is 10.0 Å². The van der Waals surface area contributed by atoms with Crippen molar-refractivity contribution in [1.29, 1.82) is 0 Å². The molecular formula is C19H30Cl2N2O3S. The SMILES string of the molecule is CCCCC(CC)CNC(=O)CCCN(c1ccc(Cl)cc1Cl)S(C)(=O)=O. The Labute approximate surface area is 173 Å². The van der Waals surface area contributed by atoms with Crippen LogP contribution in [0.25, 0.3) is 0 Å². The zero-order valence-corrected chi connectivity index (χ0v) is 18.6. The Balaban J connectivity index is 2.58. The number of unbranched alkanes of at least 4 members (excludes halogenated alkanes) is 1. The smallest absolute Gasteiger partial charge is 0.232 e. The molecule has 1 aromatic carbocycles. The van der Waals surface area contributed by atoms with Crippen molar-refractivity contribution in [3.05, 3.63) is 28.2 Å². The molecule has 1 amide bonds. The van der Waals surface area contributed by atoms with Crippen LogP contribution < -0.4 is 9.62 Å². The normalized spacial score (nSPS) is 12.6. The van der Waals surface area contributed by atoms with Gasteiger partial charge in [-0.1, -0.05) is 56.3 Å². The number of amides is 1. The second-order valence-corrected chi connectivity index (χ2v) is 9.51. The molecule has 1 atom stereocenters.